The van der Waals surface area contributed by atoms with Crippen LogP contribution in [-0.4, -0.2) is 51.7 Å². The zero-order valence-electron chi connectivity index (χ0n) is 13.3. The molecule has 1 fully saturated rings. The zero-order valence-corrected chi connectivity index (χ0v) is 14.1. The molecule has 0 saturated carbocycles. The second kappa shape index (κ2) is 7.68. The first-order valence-electron chi connectivity index (χ1n) is 7.61. The summed E-state index contributed by atoms with van der Waals surface area (Å²) in [6, 6.07) is 0.830. The fourth-order valence-electron chi connectivity index (χ4n) is 2.08. The molecule has 21 heavy (non-hydrogen) atoms. The van der Waals surface area contributed by atoms with Gasteiger partial charge in [0.1, 0.15) is 0 Å². The van der Waals surface area contributed by atoms with Crippen molar-refractivity contribution in [2.75, 3.05) is 34.8 Å². The molecule has 1 N–H and O–H groups in total. The predicted octanol–water partition coefficient (Wildman–Crippen LogP) is 2.42. The van der Waals surface area contributed by atoms with Crippen LogP contribution in [0.3, 0.4) is 0 Å². The van der Waals surface area contributed by atoms with Gasteiger partial charge in [0.05, 0.1) is 6.10 Å². The number of nitrogens with one attached hydrogen (secondary N) is 1. The topological polar surface area (TPSA) is 63.2 Å². The Kier molecular flexibility index (Phi) is 5.90. The van der Waals surface area contributed by atoms with E-state index in [9.17, 15) is 0 Å². The average molecular weight is 311 g/mol. The van der Waals surface area contributed by atoms with E-state index in [1.807, 2.05) is 25.6 Å². The van der Waals surface area contributed by atoms with Gasteiger partial charge in [0.15, 0.2) is 0 Å². The Morgan fingerprint density at radius 1 is 1.38 bits per heavy atom. The minimum atomic E-state index is 0.0496. The maximum atomic E-state index is 5.67. The van der Waals surface area contributed by atoms with Gasteiger partial charge in [-0.15, -0.1) is 0 Å². The molecule has 1 aliphatic rings. The Labute approximate surface area is 131 Å². The van der Waals surface area contributed by atoms with Crippen LogP contribution in [0.25, 0.3) is 0 Å². The summed E-state index contributed by atoms with van der Waals surface area (Å²) in [5.41, 5.74) is 0. The van der Waals surface area contributed by atoms with E-state index in [2.05, 4.69) is 39.0 Å². The summed E-state index contributed by atoms with van der Waals surface area (Å²) in [7, 11) is 0. The number of rotatable bonds is 6. The molecule has 1 saturated heterocycles. The maximum Gasteiger partial charge on any atom is 0.323 e. The minimum absolute atomic E-state index is 0.0496. The third-order valence-electron chi connectivity index (χ3n) is 3.10. The molecule has 118 valence electrons. The van der Waals surface area contributed by atoms with Gasteiger partial charge in [-0.2, -0.15) is 26.7 Å². The van der Waals surface area contributed by atoms with Crippen molar-refractivity contribution in [2.24, 2.45) is 0 Å². The standard InChI is InChI=1S/C14H25N5OS/c1-5-6-15-12-16-13(18-14(17-12)20-10(2)3)19-7-8-21-9-11(19)4/h10-11H,5-9H2,1-4H3,(H,15,16,17,18). The normalized spacial score (nSPS) is 18.9. The van der Waals surface area contributed by atoms with E-state index in [0.29, 0.717) is 23.9 Å². The van der Waals surface area contributed by atoms with E-state index in [1.165, 1.54) is 0 Å². The van der Waals surface area contributed by atoms with Gasteiger partial charge in [0.25, 0.3) is 0 Å². The Morgan fingerprint density at radius 2 is 2.19 bits per heavy atom. The highest BCUT2D eigenvalue weighted by Crippen LogP contribution is 2.23. The molecule has 0 aliphatic carbocycles. The molecule has 0 bridgehead atoms. The fraction of sp³-hybridized carbons (Fsp3) is 0.786. The summed E-state index contributed by atoms with van der Waals surface area (Å²) in [5.74, 6) is 3.52. The largest absolute Gasteiger partial charge is 0.461 e. The molecule has 7 heteroatoms. The zero-order chi connectivity index (χ0) is 15.2. The van der Waals surface area contributed by atoms with E-state index >= 15 is 0 Å². The van der Waals surface area contributed by atoms with Crippen LogP contribution in [-0.2, 0) is 0 Å². The number of nitrogens with zero attached hydrogens (tertiary/aromatic N) is 4. The molecule has 0 aromatic carbocycles. The molecule has 1 atom stereocenters. The van der Waals surface area contributed by atoms with Crippen LogP contribution in [0.15, 0.2) is 0 Å². The third-order valence-corrected chi connectivity index (χ3v) is 4.29. The van der Waals surface area contributed by atoms with Crippen molar-refractivity contribution in [2.45, 2.75) is 46.3 Å². The van der Waals surface area contributed by atoms with Gasteiger partial charge >= 0.3 is 6.01 Å². The van der Waals surface area contributed by atoms with Crippen molar-refractivity contribution < 1.29 is 4.74 Å². The monoisotopic (exact) mass is 311 g/mol. The number of hydrogen-bond donors (Lipinski definition) is 1. The van der Waals surface area contributed by atoms with E-state index in [-0.39, 0.29) is 6.10 Å². The van der Waals surface area contributed by atoms with E-state index < -0.39 is 0 Å². The molecular formula is C14H25N5OS. The lowest BCUT2D eigenvalue weighted by Gasteiger charge is -2.33. The lowest BCUT2D eigenvalue weighted by Crippen LogP contribution is -2.41. The number of aromatic nitrogens is 3. The van der Waals surface area contributed by atoms with Crippen LogP contribution >= 0.6 is 11.8 Å². The number of ether oxygens (including phenoxy) is 1. The molecule has 2 rings (SSSR count). The Morgan fingerprint density at radius 3 is 2.86 bits per heavy atom. The van der Waals surface area contributed by atoms with Crippen LogP contribution in [0, 0.1) is 0 Å². The van der Waals surface area contributed by atoms with Crippen molar-refractivity contribution in [3.63, 3.8) is 0 Å². The van der Waals surface area contributed by atoms with Crippen LogP contribution in [0.5, 0.6) is 6.01 Å². The lowest BCUT2D eigenvalue weighted by molar-refractivity contribution is 0.222. The van der Waals surface area contributed by atoms with E-state index in [0.717, 1.165) is 31.0 Å². The summed E-state index contributed by atoms with van der Waals surface area (Å²) in [5, 5.41) is 3.23. The van der Waals surface area contributed by atoms with Gasteiger partial charge in [-0.1, -0.05) is 6.92 Å². The lowest BCUT2D eigenvalue weighted by atomic mass is 10.3. The molecule has 6 nitrogen and oxygen atoms in total. The molecule has 1 aromatic rings. The van der Waals surface area contributed by atoms with Gasteiger partial charge in [-0.25, -0.2) is 0 Å². The predicted molar refractivity (Wildman–Crippen MR) is 88.5 cm³/mol. The smallest absolute Gasteiger partial charge is 0.323 e. The van der Waals surface area contributed by atoms with Crippen molar-refractivity contribution in [3.05, 3.63) is 0 Å². The highest BCUT2D eigenvalue weighted by atomic mass is 32.2. The highest BCUT2D eigenvalue weighted by Gasteiger charge is 2.23. The molecule has 1 unspecified atom stereocenters. The quantitative estimate of drug-likeness (QED) is 0.865. The first-order valence-corrected chi connectivity index (χ1v) is 8.76. The summed E-state index contributed by atoms with van der Waals surface area (Å²) in [6.07, 6.45) is 1.08. The summed E-state index contributed by atoms with van der Waals surface area (Å²) < 4.78 is 5.67. The first kappa shape index (κ1) is 16.1. The van der Waals surface area contributed by atoms with Crippen molar-refractivity contribution in [1.82, 2.24) is 15.0 Å². The average Bonchev–Trinajstić information content (AvgIpc) is 2.44. The van der Waals surface area contributed by atoms with Crippen molar-refractivity contribution >= 4 is 23.7 Å². The second-order valence-electron chi connectivity index (χ2n) is 5.45. The minimum Gasteiger partial charge on any atom is -0.461 e. The van der Waals surface area contributed by atoms with Gasteiger partial charge < -0.3 is 15.0 Å². The Hall–Kier alpha value is -1.24. The SMILES string of the molecule is CCCNc1nc(OC(C)C)nc(N2CCSCC2C)n1. The number of hydrogen-bond acceptors (Lipinski definition) is 7. The van der Waals surface area contributed by atoms with Gasteiger partial charge in [0, 0.05) is 30.6 Å². The number of anilines is 2. The van der Waals surface area contributed by atoms with Gasteiger partial charge in [-0.05, 0) is 27.2 Å². The third kappa shape index (κ3) is 4.62. The van der Waals surface area contributed by atoms with Crippen LogP contribution in [0.1, 0.15) is 34.1 Å². The summed E-state index contributed by atoms with van der Waals surface area (Å²) in [6.45, 7) is 10.1. The molecule has 0 amide bonds. The Balaban J connectivity index is 2.24. The first-order chi connectivity index (χ1) is 10.1. The van der Waals surface area contributed by atoms with Crippen LogP contribution < -0.4 is 15.0 Å². The Bertz CT molecular complexity index is 457. The van der Waals surface area contributed by atoms with Gasteiger partial charge in [0.2, 0.25) is 11.9 Å². The highest BCUT2D eigenvalue weighted by molar-refractivity contribution is 7.99. The summed E-state index contributed by atoms with van der Waals surface area (Å²) >= 11 is 1.97. The fourth-order valence-corrected chi connectivity index (χ4v) is 3.09. The number of thioether (sulfide) groups is 1. The molecule has 1 aromatic heterocycles. The maximum absolute atomic E-state index is 5.67. The van der Waals surface area contributed by atoms with Crippen molar-refractivity contribution in [3.8, 4) is 6.01 Å². The van der Waals surface area contributed by atoms with Crippen LogP contribution in [0.2, 0.25) is 0 Å². The molecular weight excluding hydrogens is 286 g/mol. The van der Waals surface area contributed by atoms with Crippen LogP contribution in [0.4, 0.5) is 11.9 Å². The second-order valence-corrected chi connectivity index (χ2v) is 6.60. The molecule has 2 heterocycles. The molecule has 0 radical (unpaired) electrons. The van der Waals surface area contributed by atoms with Gasteiger partial charge in [-0.3, -0.25) is 0 Å². The van der Waals surface area contributed by atoms with E-state index in [4.69, 9.17) is 4.74 Å². The summed E-state index contributed by atoms with van der Waals surface area (Å²) in [4.78, 5) is 15.6. The van der Waals surface area contributed by atoms with Crippen molar-refractivity contribution in [1.29, 1.82) is 0 Å². The van der Waals surface area contributed by atoms with E-state index in [1.54, 1.807) is 0 Å². The molecule has 0 spiro atoms. The molecule has 1 aliphatic heterocycles.